The SMILES string of the molecule is CNc1cnc(/C(N)=C/C(=NCc2cccc(F)c2F)c2ccon2)nc1N.O=Cc1cc[nH]c1. The van der Waals surface area contributed by atoms with Crippen molar-refractivity contribution in [1.82, 2.24) is 20.1 Å². The second-order valence-corrected chi connectivity index (χ2v) is 6.90. The number of aldehydes is 1. The van der Waals surface area contributed by atoms with Crippen LogP contribution < -0.4 is 16.8 Å². The highest BCUT2D eigenvalue weighted by molar-refractivity contribution is 6.10. The molecule has 0 radical (unpaired) electrons. The lowest BCUT2D eigenvalue weighted by Gasteiger charge is -2.07. The molecule has 0 saturated heterocycles. The summed E-state index contributed by atoms with van der Waals surface area (Å²) < 4.78 is 32.1. The third-order valence-corrected chi connectivity index (χ3v) is 4.55. The highest BCUT2D eigenvalue weighted by atomic mass is 19.2. The van der Waals surface area contributed by atoms with Crippen LogP contribution in [-0.2, 0) is 6.54 Å². The van der Waals surface area contributed by atoms with E-state index in [1.54, 1.807) is 31.6 Å². The summed E-state index contributed by atoms with van der Waals surface area (Å²) in [4.78, 5) is 25.1. The highest BCUT2D eigenvalue weighted by Crippen LogP contribution is 2.17. The summed E-state index contributed by atoms with van der Waals surface area (Å²) in [5, 5.41) is 6.66. The molecule has 0 spiro atoms. The Labute approximate surface area is 198 Å². The molecule has 180 valence electrons. The molecule has 0 atom stereocenters. The van der Waals surface area contributed by atoms with Crippen LogP contribution in [0.4, 0.5) is 20.3 Å². The summed E-state index contributed by atoms with van der Waals surface area (Å²) in [7, 11) is 1.69. The maximum atomic E-state index is 13.9. The number of carbonyl (C=O) groups excluding carboxylic acids is 1. The van der Waals surface area contributed by atoms with E-state index in [1.165, 1.54) is 30.7 Å². The first-order chi connectivity index (χ1) is 16.9. The second-order valence-electron chi connectivity index (χ2n) is 6.90. The minimum Gasteiger partial charge on any atom is -0.396 e. The van der Waals surface area contributed by atoms with Gasteiger partial charge in [0.1, 0.15) is 12.0 Å². The van der Waals surface area contributed by atoms with Crippen LogP contribution in [0.15, 0.2) is 70.8 Å². The molecule has 0 saturated carbocycles. The molecule has 0 amide bonds. The number of aromatic amines is 1. The topological polar surface area (TPSA) is 161 Å². The molecule has 4 aromatic rings. The van der Waals surface area contributed by atoms with Crippen molar-refractivity contribution in [1.29, 1.82) is 0 Å². The molecule has 0 fully saturated rings. The number of aliphatic imine (C=N–C) groups is 1. The number of aromatic nitrogens is 4. The van der Waals surface area contributed by atoms with Crippen LogP contribution >= 0.6 is 0 Å². The predicted molar refractivity (Wildman–Crippen MR) is 127 cm³/mol. The summed E-state index contributed by atoms with van der Waals surface area (Å²) in [5.74, 6) is -1.49. The van der Waals surface area contributed by atoms with Gasteiger partial charge in [-0.25, -0.2) is 18.7 Å². The molecule has 0 bridgehead atoms. The number of nitrogens with one attached hydrogen (secondary N) is 2. The third kappa shape index (κ3) is 6.57. The fraction of sp³-hybridized carbons (Fsp3) is 0.0870. The van der Waals surface area contributed by atoms with E-state index in [-0.39, 0.29) is 35.2 Å². The molecule has 10 nitrogen and oxygen atoms in total. The lowest BCUT2D eigenvalue weighted by Crippen LogP contribution is -2.10. The Kier molecular flexibility index (Phi) is 8.38. The minimum atomic E-state index is -0.957. The predicted octanol–water partition coefficient (Wildman–Crippen LogP) is 3.18. The molecule has 4 rings (SSSR count). The van der Waals surface area contributed by atoms with Crippen LogP contribution in [0, 0.1) is 11.6 Å². The molecule has 0 unspecified atom stereocenters. The van der Waals surface area contributed by atoms with E-state index in [0.29, 0.717) is 16.9 Å². The van der Waals surface area contributed by atoms with E-state index in [2.05, 4.69) is 30.4 Å². The Morgan fingerprint density at radius 1 is 1.29 bits per heavy atom. The van der Waals surface area contributed by atoms with Gasteiger partial charge in [-0.05, 0) is 18.2 Å². The highest BCUT2D eigenvalue weighted by Gasteiger charge is 2.12. The number of H-pyrrole nitrogens is 1. The van der Waals surface area contributed by atoms with Gasteiger partial charge in [-0.3, -0.25) is 9.79 Å². The number of halogens is 2. The van der Waals surface area contributed by atoms with Gasteiger partial charge in [0.05, 0.1) is 29.8 Å². The van der Waals surface area contributed by atoms with Gasteiger partial charge in [0.25, 0.3) is 0 Å². The van der Waals surface area contributed by atoms with E-state index in [1.807, 2.05) is 0 Å². The number of anilines is 2. The third-order valence-electron chi connectivity index (χ3n) is 4.55. The zero-order valence-electron chi connectivity index (χ0n) is 18.6. The normalized spacial score (nSPS) is 11.5. The molecule has 0 aliphatic rings. The molecule has 6 N–H and O–H groups in total. The molecule has 0 aliphatic carbocycles. The summed E-state index contributed by atoms with van der Waals surface area (Å²) in [6, 6.07) is 7.16. The number of benzene rings is 1. The number of hydrogen-bond donors (Lipinski definition) is 4. The standard InChI is InChI=1S/C18H17F2N7O.C5H5NO/c1-23-15-9-25-18(26-17(15)22)12(21)7-14(13-5-6-28-27-13)24-8-10-3-2-4-11(19)16(10)20;7-4-5-1-2-6-3-5/h2-7,9,23H,8,21H2,1H3,(H2,22,25,26);1-4,6H/b12-7-,24-14?;. The molecule has 12 heteroatoms. The first-order valence-corrected chi connectivity index (χ1v) is 10.2. The van der Waals surface area contributed by atoms with Crippen LogP contribution in [0.3, 0.4) is 0 Å². The van der Waals surface area contributed by atoms with E-state index in [0.717, 1.165) is 12.4 Å². The average Bonchev–Trinajstić information content (AvgIpc) is 3.59. The molecule has 3 aromatic heterocycles. The number of nitrogens with zero attached hydrogens (tertiary/aromatic N) is 4. The first kappa shape index (κ1) is 24.8. The Morgan fingerprint density at radius 2 is 2.11 bits per heavy atom. The van der Waals surface area contributed by atoms with Crippen molar-refractivity contribution in [2.45, 2.75) is 6.54 Å². The first-order valence-electron chi connectivity index (χ1n) is 10.2. The molecule has 3 heterocycles. The zero-order valence-corrected chi connectivity index (χ0v) is 18.6. The Hall–Kier alpha value is -4.87. The van der Waals surface area contributed by atoms with Crippen molar-refractivity contribution in [3.63, 3.8) is 0 Å². The Morgan fingerprint density at radius 3 is 2.71 bits per heavy atom. The van der Waals surface area contributed by atoms with Crippen molar-refractivity contribution in [2.75, 3.05) is 18.1 Å². The van der Waals surface area contributed by atoms with Gasteiger partial charge in [-0.15, -0.1) is 0 Å². The Balaban J connectivity index is 0.000000420. The van der Waals surface area contributed by atoms with Gasteiger partial charge in [-0.2, -0.15) is 0 Å². The van der Waals surface area contributed by atoms with Gasteiger partial charge in [0.15, 0.2) is 29.6 Å². The smallest absolute Gasteiger partial charge is 0.177 e. The van der Waals surface area contributed by atoms with Crippen molar-refractivity contribution >= 4 is 29.2 Å². The van der Waals surface area contributed by atoms with Gasteiger partial charge >= 0.3 is 0 Å². The van der Waals surface area contributed by atoms with E-state index < -0.39 is 11.6 Å². The molecule has 0 aliphatic heterocycles. The minimum absolute atomic E-state index is 0.0897. The number of allylic oxidation sites excluding steroid dienone is 1. The Bertz CT molecular complexity index is 1320. The fourth-order valence-electron chi connectivity index (χ4n) is 2.73. The molecule has 35 heavy (non-hydrogen) atoms. The van der Waals surface area contributed by atoms with E-state index in [9.17, 15) is 13.6 Å². The van der Waals surface area contributed by atoms with Crippen LogP contribution in [0.25, 0.3) is 5.70 Å². The number of nitrogen functional groups attached to an aromatic ring is 1. The van der Waals surface area contributed by atoms with Crippen LogP contribution in [-0.4, -0.2) is 39.2 Å². The monoisotopic (exact) mass is 480 g/mol. The molecule has 1 aromatic carbocycles. The number of hydrogen-bond acceptors (Lipinski definition) is 9. The van der Waals surface area contributed by atoms with Crippen LogP contribution in [0.1, 0.15) is 27.4 Å². The maximum absolute atomic E-state index is 13.9. The van der Waals surface area contributed by atoms with Gasteiger partial charge in [0, 0.05) is 36.6 Å². The van der Waals surface area contributed by atoms with E-state index >= 15 is 0 Å². The van der Waals surface area contributed by atoms with E-state index in [4.69, 9.17) is 16.0 Å². The molecular formula is C23H22F2N8O2. The quantitative estimate of drug-likeness (QED) is 0.232. The van der Waals surface area contributed by atoms with Gasteiger partial charge < -0.3 is 26.3 Å². The van der Waals surface area contributed by atoms with Crippen LogP contribution in [0.2, 0.25) is 0 Å². The van der Waals surface area contributed by atoms with Gasteiger partial charge in [-0.1, -0.05) is 17.3 Å². The number of carbonyl (C=O) groups is 1. The average molecular weight is 480 g/mol. The number of rotatable bonds is 7. The fourth-order valence-corrected chi connectivity index (χ4v) is 2.73. The van der Waals surface area contributed by atoms with Gasteiger partial charge in [0.2, 0.25) is 0 Å². The van der Waals surface area contributed by atoms with Crippen molar-refractivity contribution in [3.8, 4) is 0 Å². The number of nitrogens with two attached hydrogens (primary N) is 2. The maximum Gasteiger partial charge on any atom is 0.177 e. The largest absolute Gasteiger partial charge is 0.396 e. The van der Waals surface area contributed by atoms with Crippen molar-refractivity contribution in [2.24, 2.45) is 10.7 Å². The van der Waals surface area contributed by atoms with Crippen LogP contribution in [0.5, 0.6) is 0 Å². The lowest BCUT2D eigenvalue weighted by atomic mass is 10.2. The summed E-state index contributed by atoms with van der Waals surface area (Å²) in [5.41, 5.74) is 14.1. The summed E-state index contributed by atoms with van der Waals surface area (Å²) in [6.07, 6.45) is 8.47. The van der Waals surface area contributed by atoms with Crippen molar-refractivity contribution in [3.05, 3.63) is 95.5 Å². The second kappa shape index (κ2) is 11.8. The molecular weight excluding hydrogens is 458 g/mol. The lowest BCUT2D eigenvalue weighted by molar-refractivity contribution is 0.112. The van der Waals surface area contributed by atoms with Crippen molar-refractivity contribution < 1.29 is 18.1 Å². The zero-order chi connectivity index (χ0) is 25.2. The summed E-state index contributed by atoms with van der Waals surface area (Å²) >= 11 is 0. The summed E-state index contributed by atoms with van der Waals surface area (Å²) in [6.45, 7) is -0.128.